The lowest BCUT2D eigenvalue weighted by Crippen LogP contribution is -2.50. The van der Waals surface area contributed by atoms with Crippen molar-refractivity contribution in [2.45, 2.75) is 64.6 Å². The van der Waals surface area contributed by atoms with E-state index in [1.807, 2.05) is 54.6 Å². The Hall–Kier alpha value is -2.94. The number of hydrogen-bond acceptors (Lipinski definition) is 6. The molecule has 37 heavy (non-hydrogen) atoms. The lowest BCUT2D eigenvalue weighted by Gasteiger charge is -2.40. The molecule has 1 aliphatic heterocycles. The van der Waals surface area contributed by atoms with Crippen LogP contribution in [0, 0.1) is 0 Å². The predicted molar refractivity (Wildman–Crippen MR) is 146 cm³/mol. The first-order chi connectivity index (χ1) is 17.5. The van der Waals surface area contributed by atoms with Crippen molar-refractivity contribution in [2.24, 2.45) is 0 Å². The van der Waals surface area contributed by atoms with Crippen molar-refractivity contribution in [1.82, 2.24) is 4.90 Å². The highest BCUT2D eigenvalue weighted by atomic mass is 28.4. The molecule has 0 unspecified atom stereocenters. The second kappa shape index (κ2) is 12.5. The molecule has 3 rings (SSSR count). The van der Waals surface area contributed by atoms with Gasteiger partial charge in [-0.2, -0.15) is 0 Å². The minimum atomic E-state index is -2.10. The molecule has 0 spiro atoms. The number of amides is 1. The van der Waals surface area contributed by atoms with E-state index in [9.17, 15) is 9.59 Å². The first-order valence-electron chi connectivity index (χ1n) is 12.6. The Kier molecular flexibility index (Phi) is 9.70. The van der Waals surface area contributed by atoms with E-state index in [-0.39, 0.29) is 37.1 Å². The average Bonchev–Trinajstić information content (AvgIpc) is 2.86. The van der Waals surface area contributed by atoms with Gasteiger partial charge in [0.1, 0.15) is 12.4 Å². The van der Waals surface area contributed by atoms with Gasteiger partial charge in [0, 0.05) is 12.5 Å². The van der Waals surface area contributed by atoms with Crippen LogP contribution in [0.2, 0.25) is 18.1 Å². The molecule has 7 nitrogen and oxygen atoms in total. The Morgan fingerprint density at radius 2 is 1.62 bits per heavy atom. The molecule has 0 aromatic heterocycles. The van der Waals surface area contributed by atoms with Gasteiger partial charge >= 0.3 is 6.09 Å². The van der Waals surface area contributed by atoms with Crippen molar-refractivity contribution in [3.8, 4) is 5.75 Å². The van der Waals surface area contributed by atoms with Crippen molar-refractivity contribution in [3.63, 3.8) is 0 Å². The molecule has 8 heteroatoms. The third kappa shape index (κ3) is 8.02. The number of ether oxygens (including phenoxy) is 3. The smallest absolute Gasteiger partial charge is 0.414 e. The standard InChI is InChI=1S/C29H39NO6Si/c1-29(2,3)37(5,6)36-21-25-17-26(31)16-24(20-34-18-23-12-14-27(33-4)15-13-23)30(25)28(32)35-19-22-10-8-7-9-11-22/h7-16,25H,17-21H2,1-6H3/t25-/m1/s1. The van der Waals surface area contributed by atoms with E-state index < -0.39 is 20.5 Å². The minimum Gasteiger partial charge on any atom is -0.497 e. The third-order valence-electron chi connectivity index (χ3n) is 6.96. The molecule has 0 N–H and O–H groups in total. The first kappa shape index (κ1) is 28.6. The van der Waals surface area contributed by atoms with Gasteiger partial charge in [-0.25, -0.2) is 4.79 Å². The molecule has 0 fully saturated rings. The van der Waals surface area contributed by atoms with Crippen LogP contribution >= 0.6 is 0 Å². The number of allylic oxidation sites excluding steroid dienone is 1. The van der Waals surface area contributed by atoms with Gasteiger partial charge in [0.15, 0.2) is 14.1 Å². The van der Waals surface area contributed by atoms with Crippen molar-refractivity contribution in [3.05, 3.63) is 77.5 Å². The maximum atomic E-state index is 13.4. The molecule has 1 heterocycles. The highest BCUT2D eigenvalue weighted by Crippen LogP contribution is 2.37. The summed E-state index contributed by atoms with van der Waals surface area (Å²) in [6.07, 6.45) is 1.15. The summed E-state index contributed by atoms with van der Waals surface area (Å²) in [4.78, 5) is 27.6. The number of benzene rings is 2. The summed E-state index contributed by atoms with van der Waals surface area (Å²) in [6, 6.07) is 16.6. The molecule has 1 atom stereocenters. The highest BCUT2D eigenvalue weighted by Gasteiger charge is 2.40. The monoisotopic (exact) mass is 525 g/mol. The van der Waals surface area contributed by atoms with Crippen molar-refractivity contribution in [1.29, 1.82) is 0 Å². The van der Waals surface area contributed by atoms with Crippen molar-refractivity contribution < 1.29 is 28.2 Å². The van der Waals surface area contributed by atoms with Crippen LogP contribution in [0.4, 0.5) is 4.79 Å². The van der Waals surface area contributed by atoms with Crippen molar-refractivity contribution in [2.75, 3.05) is 20.3 Å². The van der Waals surface area contributed by atoms with E-state index in [0.29, 0.717) is 12.3 Å². The number of methoxy groups -OCH3 is 1. The van der Waals surface area contributed by atoms with E-state index in [0.717, 1.165) is 16.9 Å². The quantitative estimate of drug-likeness (QED) is 0.349. The summed E-state index contributed by atoms with van der Waals surface area (Å²) in [6.45, 7) is 11.6. The molecule has 0 bridgehead atoms. The largest absolute Gasteiger partial charge is 0.497 e. The van der Waals surface area contributed by atoms with Gasteiger partial charge in [0.2, 0.25) is 0 Å². The van der Waals surface area contributed by atoms with E-state index in [1.54, 1.807) is 12.0 Å². The maximum Gasteiger partial charge on any atom is 0.414 e. The van der Waals surface area contributed by atoms with Gasteiger partial charge in [-0.05, 0) is 41.4 Å². The Labute approximate surface area is 221 Å². The molecule has 0 radical (unpaired) electrons. The average molecular weight is 526 g/mol. The minimum absolute atomic E-state index is 0.00443. The summed E-state index contributed by atoms with van der Waals surface area (Å²) >= 11 is 0. The third-order valence-corrected chi connectivity index (χ3v) is 11.5. The Balaban J connectivity index is 1.75. The fraction of sp³-hybridized carbons (Fsp3) is 0.448. The van der Waals surface area contributed by atoms with Crippen molar-refractivity contribution >= 4 is 20.2 Å². The van der Waals surface area contributed by atoms with Gasteiger partial charge in [0.25, 0.3) is 0 Å². The Morgan fingerprint density at radius 1 is 0.973 bits per heavy atom. The summed E-state index contributed by atoms with van der Waals surface area (Å²) in [5.74, 6) is 0.709. The Bertz CT molecular complexity index is 1080. The fourth-order valence-corrected chi connectivity index (χ4v) is 4.73. The zero-order valence-electron chi connectivity index (χ0n) is 22.8. The van der Waals surface area contributed by atoms with Crippen LogP contribution in [-0.2, 0) is 31.9 Å². The number of carbonyl (C=O) groups excluding carboxylic acids is 2. The molecule has 0 saturated carbocycles. The molecule has 0 saturated heterocycles. The van der Waals surface area contributed by atoms with Crippen LogP contribution in [0.1, 0.15) is 38.3 Å². The van der Waals surface area contributed by atoms with Crippen LogP contribution in [0.5, 0.6) is 5.75 Å². The van der Waals surface area contributed by atoms with Crippen LogP contribution in [-0.4, -0.2) is 51.5 Å². The number of carbonyl (C=O) groups is 2. The van der Waals surface area contributed by atoms with E-state index in [1.165, 1.54) is 6.08 Å². The second-order valence-corrected chi connectivity index (χ2v) is 15.6. The molecule has 200 valence electrons. The number of nitrogens with zero attached hydrogens (tertiary/aromatic N) is 1. The summed E-state index contributed by atoms with van der Waals surface area (Å²) in [5, 5.41) is 0.00443. The molecule has 1 aliphatic rings. The summed E-state index contributed by atoms with van der Waals surface area (Å²) < 4.78 is 23.2. The fourth-order valence-electron chi connectivity index (χ4n) is 3.69. The summed E-state index contributed by atoms with van der Waals surface area (Å²) in [5.41, 5.74) is 2.32. The van der Waals surface area contributed by atoms with Crippen LogP contribution in [0.15, 0.2) is 66.4 Å². The Morgan fingerprint density at radius 3 is 2.24 bits per heavy atom. The lowest BCUT2D eigenvalue weighted by molar-refractivity contribution is -0.117. The first-order valence-corrected chi connectivity index (χ1v) is 15.5. The molecular weight excluding hydrogens is 486 g/mol. The normalized spacial score (nSPS) is 16.4. The number of rotatable bonds is 10. The second-order valence-electron chi connectivity index (χ2n) is 10.8. The van der Waals surface area contributed by atoms with Crippen LogP contribution in [0.25, 0.3) is 0 Å². The van der Waals surface area contributed by atoms with E-state index in [4.69, 9.17) is 18.6 Å². The van der Waals surface area contributed by atoms with E-state index >= 15 is 0 Å². The number of ketones is 1. The maximum absolute atomic E-state index is 13.4. The summed E-state index contributed by atoms with van der Waals surface area (Å²) in [7, 11) is -0.477. The molecular formula is C29H39NO6Si. The highest BCUT2D eigenvalue weighted by molar-refractivity contribution is 6.74. The van der Waals surface area contributed by atoms with Crippen LogP contribution < -0.4 is 4.74 Å². The SMILES string of the molecule is COc1ccc(COCC2=CC(=O)C[C@H](CO[Si](C)(C)C(C)(C)C)N2C(=O)OCc2ccccc2)cc1. The topological polar surface area (TPSA) is 74.3 Å². The van der Waals surface area contributed by atoms with Gasteiger partial charge in [-0.3, -0.25) is 9.69 Å². The predicted octanol–water partition coefficient (Wildman–Crippen LogP) is 6.10. The lowest BCUT2D eigenvalue weighted by atomic mass is 10.0. The van der Waals surface area contributed by atoms with Gasteiger partial charge in [-0.1, -0.05) is 63.2 Å². The number of hydrogen-bond donors (Lipinski definition) is 0. The molecule has 0 aliphatic carbocycles. The van der Waals surface area contributed by atoms with Gasteiger partial charge < -0.3 is 18.6 Å². The zero-order valence-corrected chi connectivity index (χ0v) is 23.8. The van der Waals surface area contributed by atoms with E-state index in [2.05, 4.69) is 33.9 Å². The molecule has 1 amide bonds. The molecule has 2 aromatic carbocycles. The zero-order chi connectivity index (χ0) is 27.1. The molecule has 2 aromatic rings. The van der Waals surface area contributed by atoms with Gasteiger partial charge in [-0.15, -0.1) is 0 Å². The van der Waals surface area contributed by atoms with Crippen LogP contribution in [0.3, 0.4) is 0 Å². The van der Waals surface area contributed by atoms with Gasteiger partial charge in [0.05, 0.1) is 38.7 Å².